The zero-order valence-corrected chi connectivity index (χ0v) is 11.3. The van der Waals surface area contributed by atoms with Gasteiger partial charge in [0.15, 0.2) is 0 Å². The number of hydrogen-bond donors (Lipinski definition) is 1. The average molecular weight is 245 g/mol. The molecule has 1 atom stereocenters. The molecule has 1 amide bonds. The van der Waals surface area contributed by atoms with E-state index in [1.54, 1.807) is 24.9 Å². The average Bonchev–Trinajstić information content (AvgIpc) is 2.32. The number of amides is 1. The Balaban J connectivity index is 2.98. The number of anilines is 1. The molecule has 0 spiro atoms. The predicted molar refractivity (Wildman–Crippen MR) is 72.1 cm³/mol. The fourth-order valence-corrected chi connectivity index (χ4v) is 1.84. The Hall–Kier alpha value is -2.02. The summed E-state index contributed by atoms with van der Waals surface area (Å²) in [5, 5.41) is 8.76. The lowest BCUT2D eigenvalue weighted by Gasteiger charge is -2.20. The monoisotopic (exact) mass is 245 g/mol. The van der Waals surface area contributed by atoms with E-state index in [-0.39, 0.29) is 11.8 Å². The first-order valence-corrected chi connectivity index (χ1v) is 5.88. The summed E-state index contributed by atoms with van der Waals surface area (Å²) in [7, 11) is 1.70. The van der Waals surface area contributed by atoms with Crippen molar-refractivity contribution in [3.05, 3.63) is 28.8 Å². The molecule has 0 radical (unpaired) electrons. The molecule has 0 saturated heterocycles. The van der Waals surface area contributed by atoms with Gasteiger partial charge in [-0.2, -0.15) is 5.26 Å². The van der Waals surface area contributed by atoms with Crippen molar-refractivity contribution < 1.29 is 4.79 Å². The van der Waals surface area contributed by atoms with E-state index in [0.717, 1.165) is 11.1 Å². The molecule has 0 aliphatic rings. The Morgan fingerprint density at radius 3 is 2.61 bits per heavy atom. The number of nitrogens with two attached hydrogens (primary N) is 1. The van der Waals surface area contributed by atoms with Gasteiger partial charge in [0.25, 0.3) is 5.91 Å². The zero-order valence-electron chi connectivity index (χ0n) is 11.3. The van der Waals surface area contributed by atoms with Crippen molar-refractivity contribution in [2.45, 2.75) is 20.8 Å². The molecule has 1 aromatic carbocycles. The molecular weight excluding hydrogens is 226 g/mol. The SMILES string of the molecule is Cc1cc(C)c(C(=O)N(C)CC(C)C#N)cc1N. The third-order valence-electron chi connectivity index (χ3n) is 2.96. The van der Waals surface area contributed by atoms with Crippen molar-refractivity contribution in [3.8, 4) is 6.07 Å². The van der Waals surface area contributed by atoms with E-state index < -0.39 is 0 Å². The number of carbonyl (C=O) groups excluding carboxylic acids is 1. The number of rotatable bonds is 3. The number of hydrogen-bond acceptors (Lipinski definition) is 3. The first kappa shape index (κ1) is 14.0. The molecule has 18 heavy (non-hydrogen) atoms. The van der Waals surface area contributed by atoms with Crippen LogP contribution in [-0.2, 0) is 0 Å². The molecule has 2 N–H and O–H groups in total. The Morgan fingerprint density at radius 1 is 1.44 bits per heavy atom. The standard InChI is InChI=1S/C14H19N3O/c1-9(7-15)8-17(4)14(18)12-6-13(16)11(3)5-10(12)2/h5-6,9H,8,16H2,1-4H3. The third kappa shape index (κ3) is 3.01. The first-order valence-electron chi connectivity index (χ1n) is 5.88. The second-order valence-electron chi connectivity index (χ2n) is 4.74. The van der Waals surface area contributed by atoms with Gasteiger partial charge in [-0.1, -0.05) is 6.07 Å². The van der Waals surface area contributed by atoms with Gasteiger partial charge in [-0.3, -0.25) is 4.79 Å². The van der Waals surface area contributed by atoms with Crippen LogP contribution in [0.1, 0.15) is 28.4 Å². The Morgan fingerprint density at radius 2 is 2.06 bits per heavy atom. The Bertz CT molecular complexity index is 502. The van der Waals surface area contributed by atoms with Gasteiger partial charge in [0.2, 0.25) is 0 Å². The van der Waals surface area contributed by atoms with Crippen LogP contribution >= 0.6 is 0 Å². The topological polar surface area (TPSA) is 70.1 Å². The maximum absolute atomic E-state index is 12.2. The zero-order chi connectivity index (χ0) is 13.9. The molecule has 4 heteroatoms. The first-order chi connectivity index (χ1) is 8.36. The molecule has 1 aromatic rings. The molecular formula is C14H19N3O. The van der Waals surface area contributed by atoms with Crippen molar-refractivity contribution in [3.63, 3.8) is 0 Å². The third-order valence-corrected chi connectivity index (χ3v) is 2.96. The van der Waals surface area contributed by atoms with Gasteiger partial charge in [-0.25, -0.2) is 0 Å². The second-order valence-corrected chi connectivity index (χ2v) is 4.74. The van der Waals surface area contributed by atoms with E-state index in [4.69, 9.17) is 11.0 Å². The van der Waals surface area contributed by atoms with E-state index in [1.165, 1.54) is 0 Å². The molecule has 0 saturated carbocycles. The largest absolute Gasteiger partial charge is 0.398 e. The molecule has 96 valence electrons. The van der Waals surface area contributed by atoms with Crippen molar-refractivity contribution in [1.82, 2.24) is 4.90 Å². The number of nitrogen functional groups attached to an aromatic ring is 1. The van der Waals surface area contributed by atoms with Crippen LogP contribution in [-0.4, -0.2) is 24.4 Å². The highest BCUT2D eigenvalue weighted by Crippen LogP contribution is 2.19. The van der Waals surface area contributed by atoms with Gasteiger partial charge < -0.3 is 10.6 Å². The minimum absolute atomic E-state index is 0.0960. The highest BCUT2D eigenvalue weighted by Gasteiger charge is 2.17. The van der Waals surface area contributed by atoms with E-state index in [9.17, 15) is 4.79 Å². The van der Waals surface area contributed by atoms with Crippen LogP contribution in [0.25, 0.3) is 0 Å². The molecule has 0 heterocycles. The maximum Gasteiger partial charge on any atom is 0.253 e. The van der Waals surface area contributed by atoms with E-state index in [2.05, 4.69) is 6.07 Å². The molecule has 1 rings (SSSR count). The number of aryl methyl sites for hydroxylation is 2. The van der Waals surface area contributed by atoms with Gasteiger partial charge >= 0.3 is 0 Å². The number of nitriles is 1. The Kier molecular flexibility index (Phi) is 4.33. The molecule has 0 fully saturated rings. The molecule has 0 aliphatic heterocycles. The van der Waals surface area contributed by atoms with E-state index >= 15 is 0 Å². The minimum atomic E-state index is -0.179. The van der Waals surface area contributed by atoms with Gasteiger partial charge in [0.1, 0.15) is 0 Å². The lowest BCUT2D eigenvalue weighted by atomic mass is 10.0. The number of carbonyl (C=O) groups is 1. The van der Waals surface area contributed by atoms with Crippen molar-refractivity contribution in [1.29, 1.82) is 5.26 Å². The Labute approximate surface area is 108 Å². The highest BCUT2D eigenvalue weighted by molar-refractivity contribution is 5.96. The predicted octanol–water partition coefficient (Wildman–Crippen LogP) is 2.12. The van der Waals surface area contributed by atoms with Gasteiger partial charge in [0.05, 0.1) is 12.0 Å². The lowest BCUT2D eigenvalue weighted by molar-refractivity contribution is 0.0784. The van der Waals surface area contributed by atoms with Crippen LogP contribution in [0, 0.1) is 31.1 Å². The van der Waals surface area contributed by atoms with Crippen molar-refractivity contribution >= 4 is 11.6 Å². The summed E-state index contributed by atoms with van der Waals surface area (Å²) in [5.74, 6) is -0.275. The van der Waals surface area contributed by atoms with Crippen molar-refractivity contribution in [2.24, 2.45) is 5.92 Å². The van der Waals surface area contributed by atoms with Crippen LogP contribution in [0.5, 0.6) is 0 Å². The summed E-state index contributed by atoms with van der Waals surface area (Å²) >= 11 is 0. The summed E-state index contributed by atoms with van der Waals surface area (Å²) in [6.07, 6.45) is 0. The number of nitrogens with zero attached hydrogens (tertiary/aromatic N) is 2. The van der Waals surface area contributed by atoms with Crippen molar-refractivity contribution in [2.75, 3.05) is 19.3 Å². The van der Waals surface area contributed by atoms with Gasteiger partial charge in [0, 0.05) is 24.8 Å². The fourth-order valence-electron chi connectivity index (χ4n) is 1.84. The van der Waals surface area contributed by atoms with Crippen LogP contribution in [0.3, 0.4) is 0 Å². The maximum atomic E-state index is 12.2. The number of benzene rings is 1. The molecule has 0 aromatic heterocycles. The van der Waals surface area contributed by atoms with Gasteiger partial charge in [-0.15, -0.1) is 0 Å². The van der Waals surface area contributed by atoms with Crippen LogP contribution in [0.15, 0.2) is 12.1 Å². The quantitative estimate of drug-likeness (QED) is 0.829. The fraction of sp³-hybridized carbons (Fsp3) is 0.429. The van der Waals surface area contributed by atoms with Crippen LogP contribution in [0.2, 0.25) is 0 Å². The molecule has 1 unspecified atom stereocenters. The normalized spacial score (nSPS) is 11.7. The molecule has 0 bridgehead atoms. The van der Waals surface area contributed by atoms with Crippen LogP contribution < -0.4 is 5.73 Å². The minimum Gasteiger partial charge on any atom is -0.398 e. The van der Waals surface area contributed by atoms with E-state index in [0.29, 0.717) is 17.8 Å². The summed E-state index contributed by atoms with van der Waals surface area (Å²) in [6.45, 7) is 6.02. The molecule has 0 aliphatic carbocycles. The summed E-state index contributed by atoms with van der Waals surface area (Å²) < 4.78 is 0. The summed E-state index contributed by atoms with van der Waals surface area (Å²) in [5.41, 5.74) is 8.93. The summed E-state index contributed by atoms with van der Waals surface area (Å²) in [6, 6.07) is 5.73. The van der Waals surface area contributed by atoms with E-state index in [1.807, 2.05) is 19.9 Å². The molecule has 4 nitrogen and oxygen atoms in total. The summed E-state index contributed by atoms with van der Waals surface area (Å²) in [4.78, 5) is 13.8. The second kappa shape index (κ2) is 5.54. The van der Waals surface area contributed by atoms with Gasteiger partial charge in [-0.05, 0) is 38.0 Å². The lowest BCUT2D eigenvalue weighted by Crippen LogP contribution is -2.31. The highest BCUT2D eigenvalue weighted by atomic mass is 16.2. The smallest absolute Gasteiger partial charge is 0.253 e. The van der Waals surface area contributed by atoms with Crippen LogP contribution in [0.4, 0.5) is 5.69 Å².